The molecule has 2 heterocycles. The van der Waals surface area contributed by atoms with Crippen molar-refractivity contribution in [2.24, 2.45) is 0 Å². The average molecular weight is 585 g/mol. The molecule has 43 heavy (non-hydrogen) atoms. The van der Waals surface area contributed by atoms with Gasteiger partial charge in [0.1, 0.15) is 12.4 Å². The summed E-state index contributed by atoms with van der Waals surface area (Å²) in [6.45, 7) is 3.02. The second-order valence-electron chi connectivity index (χ2n) is 9.81. The van der Waals surface area contributed by atoms with Gasteiger partial charge >= 0.3 is 5.97 Å². The number of carbonyl (C=O) groups is 1. The third kappa shape index (κ3) is 6.68. The fraction of sp³-hybridized carbons (Fsp3) is 0.250. The molecule has 5 rings (SSSR count). The number of nitro benzene ring substituents is 1. The summed E-state index contributed by atoms with van der Waals surface area (Å²) in [4.78, 5) is 32.5. The number of pyridine rings is 1. The highest BCUT2D eigenvalue weighted by atomic mass is 16.6. The fourth-order valence-electron chi connectivity index (χ4n) is 4.90. The van der Waals surface area contributed by atoms with Crippen molar-refractivity contribution in [2.45, 2.75) is 6.61 Å². The Balaban J connectivity index is 1.54. The molecule has 11 nitrogen and oxygen atoms in total. The second-order valence-corrected chi connectivity index (χ2v) is 9.81. The van der Waals surface area contributed by atoms with E-state index in [2.05, 4.69) is 4.90 Å². The number of hydrogen-bond acceptors (Lipinski definition) is 10. The molecule has 0 bridgehead atoms. The largest absolute Gasteiger partial charge is 0.497 e. The lowest BCUT2D eigenvalue weighted by Gasteiger charge is -2.30. The van der Waals surface area contributed by atoms with Gasteiger partial charge in [-0.1, -0.05) is 30.3 Å². The molecule has 222 valence electrons. The third-order valence-electron chi connectivity index (χ3n) is 7.21. The van der Waals surface area contributed by atoms with Crippen LogP contribution >= 0.6 is 0 Å². The first kappa shape index (κ1) is 29.3. The molecule has 0 saturated carbocycles. The van der Waals surface area contributed by atoms with E-state index in [0.717, 1.165) is 41.3 Å². The zero-order chi connectivity index (χ0) is 30.3. The van der Waals surface area contributed by atoms with E-state index in [1.165, 1.54) is 19.2 Å². The Bertz CT molecular complexity index is 1600. The lowest BCUT2D eigenvalue weighted by atomic mass is 10.0. The van der Waals surface area contributed by atoms with Crippen LogP contribution < -0.4 is 19.3 Å². The Labute approximate surface area is 249 Å². The van der Waals surface area contributed by atoms with Gasteiger partial charge in [0, 0.05) is 49.6 Å². The number of benzene rings is 3. The maximum absolute atomic E-state index is 12.7. The lowest BCUT2D eigenvalue weighted by molar-refractivity contribution is -0.384. The summed E-state index contributed by atoms with van der Waals surface area (Å²) in [7, 11) is 4.66. The van der Waals surface area contributed by atoms with E-state index in [4.69, 9.17) is 23.9 Å². The van der Waals surface area contributed by atoms with Gasteiger partial charge in [0.05, 0.1) is 55.0 Å². The van der Waals surface area contributed by atoms with E-state index in [-0.39, 0.29) is 11.3 Å². The Hall–Kier alpha value is -5.16. The zero-order valence-corrected chi connectivity index (χ0v) is 24.2. The molecule has 11 heteroatoms. The molecule has 1 aromatic heterocycles. The molecule has 0 atom stereocenters. The van der Waals surface area contributed by atoms with E-state index in [1.54, 1.807) is 25.1 Å². The first-order valence-electron chi connectivity index (χ1n) is 13.7. The van der Waals surface area contributed by atoms with E-state index in [9.17, 15) is 14.9 Å². The van der Waals surface area contributed by atoms with Crippen molar-refractivity contribution in [1.82, 2.24) is 4.98 Å². The van der Waals surface area contributed by atoms with Gasteiger partial charge in [0.25, 0.3) is 5.69 Å². The standard InChI is InChI=1S/C32H32N4O7/c1-34(30-13-10-23(36(38)39)18-27(30)32(37)41-3)29-7-5-4-6-26(29)28-19-24(35-14-16-42-17-15-35)20-31(33-28)43-21-22-8-11-25(40-2)12-9-22/h4-13,18-20H,14-17,21H2,1-3H3. The number of methoxy groups -OCH3 is 2. The molecule has 0 radical (unpaired) electrons. The SMILES string of the molecule is COC(=O)c1cc([N+](=O)[O-])ccc1N(C)c1ccccc1-c1cc(N2CCOCC2)cc(OCc2ccc(OC)cc2)n1. The molecule has 0 N–H and O–H groups in total. The third-order valence-corrected chi connectivity index (χ3v) is 7.21. The topological polar surface area (TPSA) is 116 Å². The minimum Gasteiger partial charge on any atom is -0.497 e. The number of aromatic nitrogens is 1. The molecule has 4 aromatic rings. The van der Waals surface area contributed by atoms with Crippen LogP contribution in [0.3, 0.4) is 0 Å². The molecule has 1 saturated heterocycles. The number of nitrogens with zero attached hydrogens (tertiary/aromatic N) is 4. The number of morpholine rings is 1. The quantitative estimate of drug-likeness (QED) is 0.132. The summed E-state index contributed by atoms with van der Waals surface area (Å²) in [6, 6.07) is 23.4. The van der Waals surface area contributed by atoms with Crippen LogP contribution in [0.5, 0.6) is 11.6 Å². The second kappa shape index (κ2) is 13.2. The van der Waals surface area contributed by atoms with Crippen molar-refractivity contribution in [3.63, 3.8) is 0 Å². The average Bonchev–Trinajstić information content (AvgIpc) is 3.06. The first-order valence-corrected chi connectivity index (χ1v) is 13.7. The van der Waals surface area contributed by atoms with Gasteiger partial charge < -0.3 is 28.7 Å². The van der Waals surface area contributed by atoms with Gasteiger partial charge in [-0.2, -0.15) is 0 Å². The van der Waals surface area contributed by atoms with E-state index in [1.807, 2.05) is 60.7 Å². The monoisotopic (exact) mass is 584 g/mol. The maximum Gasteiger partial charge on any atom is 0.340 e. The number of ether oxygens (including phenoxy) is 4. The molecular weight excluding hydrogens is 552 g/mol. The highest BCUT2D eigenvalue weighted by Crippen LogP contribution is 2.38. The van der Waals surface area contributed by atoms with Crippen LogP contribution in [-0.2, 0) is 16.1 Å². The highest BCUT2D eigenvalue weighted by Gasteiger charge is 2.23. The number of esters is 1. The minimum atomic E-state index is -0.676. The molecule has 0 unspecified atom stereocenters. The highest BCUT2D eigenvalue weighted by molar-refractivity contribution is 5.98. The molecule has 1 aliphatic rings. The molecule has 3 aromatic carbocycles. The van der Waals surface area contributed by atoms with Crippen molar-refractivity contribution >= 4 is 28.7 Å². The molecule has 1 fully saturated rings. The Kier molecular flexibility index (Phi) is 9.02. The predicted octanol–water partition coefficient (Wildman–Crippen LogP) is 5.64. The van der Waals surface area contributed by atoms with Crippen LogP contribution in [0.15, 0.2) is 78.9 Å². The number of para-hydroxylation sites is 1. The number of non-ortho nitro benzene ring substituents is 1. The summed E-state index contributed by atoms with van der Waals surface area (Å²) < 4.78 is 22.0. The van der Waals surface area contributed by atoms with E-state index in [0.29, 0.717) is 37.1 Å². The lowest BCUT2D eigenvalue weighted by Crippen LogP contribution is -2.36. The fourth-order valence-corrected chi connectivity index (χ4v) is 4.90. The van der Waals surface area contributed by atoms with Gasteiger partial charge in [0.2, 0.25) is 5.88 Å². The Morgan fingerprint density at radius 3 is 2.44 bits per heavy atom. The van der Waals surface area contributed by atoms with Gasteiger partial charge in [-0.15, -0.1) is 0 Å². The van der Waals surface area contributed by atoms with E-state index >= 15 is 0 Å². The van der Waals surface area contributed by atoms with Crippen LogP contribution in [0.4, 0.5) is 22.7 Å². The summed E-state index contributed by atoms with van der Waals surface area (Å²) in [5, 5.41) is 11.4. The molecule has 1 aliphatic heterocycles. The van der Waals surface area contributed by atoms with Crippen molar-refractivity contribution in [3.8, 4) is 22.9 Å². The number of hydrogen-bond donors (Lipinski definition) is 0. The van der Waals surface area contributed by atoms with Crippen molar-refractivity contribution < 1.29 is 28.7 Å². The maximum atomic E-state index is 12.7. The minimum absolute atomic E-state index is 0.0764. The van der Waals surface area contributed by atoms with Crippen LogP contribution in [0, 0.1) is 10.1 Å². The molecular formula is C32H32N4O7. The summed E-state index contributed by atoms with van der Waals surface area (Å²) in [5.74, 6) is 0.546. The van der Waals surface area contributed by atoms with Crippen LogP contribution in [-0.4, -0.2) is 63.4 Å². The van der Waals surface area contributed by atoms with Gasteiger partial charge in [-0.3, -0.25) is 10.1 Å². The van der Waals surface area contributed by atoms with Crippen molar-refractivity contribution in [3.05, 3.63) is 100 Å². The molecule has 0 aliphatic carbocycles. The smallest absolute Gasteiger partial charge is 0.340 e. The first-order chi connectivity index (χ1) is 20.9. The number of nitro groups is 1. The number of rotatable bonds is 10. The molecule has 0 amide bonds. The summed E-state index contributed by atoms with van der Waals surface area (Å²) in [5.41, 5.74) is 4.41. The van der Waals surface area contributed by atoms with Gasteiger partial charge in [0.15, 0.2) is 0 Å². The van der Waals surface area contributed by atoms with Crippen LogP contribution in [0.2, 0.25) is 0 Å². The van der Waals surface area contributed by atoms with Gasteiger partial charge in [-0.25, -0.2) is 9.78 Å². The Morgan fingerprint density at radius 1 is 1.00 bits per heavy atom. The number of anilines is 3. The van der Waals surface area contributed by atoms with Crippen molar-refractivity contribution in [1.29, 1.82) is 0 Å². The van der Waals surface area contributed by atoms with Crippen LogP contribution in [0.25, 0.3) is 11.3 Å². The summed E-state index contributed by atoms with van der Waals surface area (Å²) >= 11 is 0. The van der Waals surface area contributed by atoms with Crippen LogP contribution in [0.1, 0.15) is 15.9 Å². The van der Waals surface area contributed by atoms with Crippen molar-refractivity contribution in [2.75, 3.05) is 57.4 Å². The zero-order valence-electron chi connectivity index (χ0n) is 24.2. The normalized spacial score (nSPS) is 12.9. The predicted molar refractivity (Wildman–Crippen MR) is 163 cm³/mol. The van der Waals surface area contributed by atoms with E-state index < -0.39 is 10.9 Å². The van der Waals surface area contributed by atoms with Gasteiger partial charge in [-0.05, 0) is 35.9 Å². The summed E-state index contributed by atoms with van der Waals surface area (Å²) in [6.07, 6.45) is 0. The Morgan fingerprint density at radius 2 is 1.74 bits per heavy atom. The number of carbonyl (C=O) groups excluding carboxylic acids is 1. The molecule has 0 spiro atoms.